The number of fused-ring (bicyclic) bond motifs is 1. The number of rotatable bonds is 5. The highest BCUT2D eigenvalue weighted by Crippen LogP contribution is 2.24. The van der Waals surface area contributed by atoms with Gasteiger partial charge in [-0.3, -0.25) is 9.20 Å². The number of nitriles is 1. The first-order chi connectivity index (χ1) is 14.2. The van der Waals surface area contributed by atoms with Crippen molar-refractivity contribution >= 4 is 23.1 Å². The summed E-state index contributed by atoms with van der Waals surface area (Å²) in [6.07, 6.45) is 5.54. The molecule has 2 heterocycles. The van der Waals surface area contributed by atoms with Gasteiger partial charge in [0.1, 0.15) is 17.5 Å². The molecule has 0 bridgehead atoms. The normalized spacial score (nSPS) is 18.8. The molecule has 29 heavy (non-hydrogen) atoms. The Morgan fingerprint density at radius 3 is 2.62 bits per heavy atom. The Hall–Kier alpha value is -3.53. The lowest BCUT2D eigenvalue weighted by Gasteiger charge is -2.30. The molecule has 1 fully saturated rings. The molecule has 0 saturated heterocycles. The fraction of sp³-hybridized carbons (Fsp3) is 0.318. The van der Waals surface area contributed by atoms with E-state index in [0.717, 1.165) is 42.8 Å². The van der Waals surface area contributed by atoms with Gasteiger partial charge in [-0.25, -0.2) is 4.98 Å². The molecule has 7 heteroatoms. The van der Waals surface area contributed by atoms with Crippen LogP contribution in [0.25, 0.3) is 5.65 Å². The number of carbonyl (C=O) groups excluding carboxylic acids is 1. The van der Waals surface area contributed by atoms with Crippen molar-refractivity contribution in [3.8, 4) is 6.07 Å². The minimum absolute atomic E-state index is 0.0291. The molecule has 7 nitrogen and oxygen atoms in total. The van der Waals surface area contributed by atoms with Gasteiger partial charge in [-0.1, -0.05) is 18.2 Å². The fourth-order valence-electron chi connectivity index (χ4n) is 3.94. The Balaban J connectivity index is 1.36. The average molecular weight is 388 g/mol. The summed E-state index contributed by atoms with van der Waals surface area (Å²) >= 11 is 0. The van der Waals surface area contributed by atoms with Crippen LogP contribution in [0.1, 0.15) is 41.7 Å². The van der Waals surface area contributed by atoms with Crippen LogP contribution < -0.4 is 16.0 Å². The van der Waals surface area contributed by atoms with E-state index in [1.807, 2.05) is 53.9 Å². The Labute approximate surface area is 169 Å². The van der Waals surface area contributed by atoms with Crippen LogP contribution in [0.2, 0.25) is 0 Å². The van der Waals surface area contributed by atoms with Gasteiger partial charge < -0.3 is 16.0 Å². The topological polar surface area (TPSA) is 94.2 Å². The van der Waals surface area contributed by atoms with Crippen molar-refractivity contribution < 1.29 is 4.79 Å². The van der Waals surface area contributed by atoms with E-state index in [-0.39, 0.29) is 11.9 Å². The van der Waals surface area contributed by atoms with Gasteiger partial charge in [0, 0.05) is 31.0 Å². The predicted octanol–water partition coefficient (Wildman–Crippen LogP) is 3.40. The number of pyridine rings is 1. The average Bonchev–Trinajstić information content (AvgIpc) is 3.19. The quantitative estimate of drug-likeness (QED) is 0.623. The zero-order valence-electron chi connectivity index (χ0n) is 16.4. The smallest absolute Gasteiger partial charge is 0.253 e. The number of imidazole rings is 1. The summed E-state index contributed by atoms with van der Waals surface area (Å²) in [6.45, 7) is 0. The highest BCUT2D eigenvalue weighted by atomic mass is 16.1. The van der Waals surface area contributed by atoms with Crippen LogP contribution in [0, 0.1) is 11.3 Å². The monoisotopic (exact) mass is 388 g/mol. The van der Waals surface area contributed by atoms with Crippen molar-refractivity contribution in [2.45, 2.75) is 37.8 Å². The summed E-state index contributed by atoms with van der Waals surface area (Å²) in [4.78, 5) is 16.9. The Kier molecular flexibility index (Phi) is 5.34. The first-order valence-electron chi connectivity index (χ1n) is 9.90. The number of nitrogens with zero attached hydrogens (tertiary/aromatic N) is 3. The van der Waals surface area contributed by atoms with Crippen molar-refractivity contribution in [1.29, 1.82) is 5.26 Å². The van der Waals surface area contributed by atoms with Gasteiger partial charge in [0.25, 0.3) is 5.91 Å². The van der Waals surface area contributed by atoms with E-state index in [9.17, 15) is 4.79 Å². The lowest BCUT2D eigenvalue weighted by molar-refractivity contribution is 0.0927. The van der Waals surface area contributed by atoms with E-state index in [1.54, 1.807) is 6.20 Å². The van der Waals surface area contributed by atoms with Crippen molar-refractivity contribution in [2.24, 2.45) is 0 Å². The standard InChI is InChI=1S/C22H24N6O/c1-24-19-6-3-2-5-18(19)22(29)27-16-11-9-15(10-12-16)25-20-7-4-8-21-26-17(13-23)14-28(20)21/h2-8,14-16,24-25H,9-12H2,1H3,(H,27,29). The molecule has 1 aliphatic carbocycles. The molecule has 4 rings (SSSR count). The second-order valence-corrected chi connectivity index (χ2v) is 7.34. The SMILES string of the molecule is CNc1ccccc1C(=O)NC1CCC(Nc2cccc3nc(C#N)cn23)CC1. The van der Waals surface area contributed by atoms with Crippen molar-refractivity contribution in [1.82, 2.24) is 14.7 Å². The third-order valence-corrected chi connectivity index (χ3v) is 5.46. The van der Waals surface area contributed by atoms with Crippen molar-refractivity contribution in [3.63, 3.8) is 0 Å². The highest BCUT2D eigenvalue weighted by molar-refractivity contribution is 5.99. The molecule has 1 aromatic carbocycles. The van der Waals surface area contributed by atoms with Gasteiger partial charge in [-0.15, -0.1) is 0 Å². The lowest BCUT2D eigenvalue weighted by Crippen LogP contribution is -2.40. The molecule has 3 aromatic rings. The zero-order valence-corrected chi connectivity index (χ0v) is 16.4. The van der Waals surface area contributed by atoms with Gasteiger partial charge >= 0.3 is 0 Å². The Morgan fingerprint density at radius 1 is 1.10 bits per heavy atom. The molecule has 0 radical (unpaired) electrons. The molecule has 0 atom stereocenters. The maximum absolute atomic E-state index is 12.6. The molecule has 0 spiro atoms. The number of carbonyl (C=O) groups is 1. The summed E-state index contributed by atoms with van der Waals surface area (Å²) in [5.41, 5.74) is 2.68. The molecule has 0 aliphatic heterocycles. The molecule has 1 amide bonds. The summed E-state index contributed by atoms with van der Waals surface area (Å²) in [5.74, 6) is 0.908. The molecular weight excluding hydrogens is 364 g/mol. The third kappa shape index (κ3) is 4.02. The summed E-state index contributed by atoms with van der Waals surface area (Å²) in [5, 5.41) is 18.9. The molecular formula is C22H24N6O. The number of aromatic nitrogens is 2. The minimum atomic E-state index is -0.0291. The van der Waals surface area contributed by atoms with Crippen LogP contribution in [-0.4, -0.2) is 34.4 Å². The third-order valence-electron chi connectivity index (χ3n) is 5.46. The second kappa shape index (κ2) is 8.23. The molecule has 2 aromatic heterocycles. The van der Waals surface area contributed by atoms with Gasteiger partial charge in [0.2, 0.25) is 0 Å². The van der Waals surface area contributed by atoms with E-state index in [2.05, 4.69) is 27.0 Å². The lowest BCUT2D eigenvalue weighted by atomic mass is 9.91. The van der Waals surface area contributed by atoms with E-state index < -0.39 is 0 Å². The van der Waals surface area contributed by atoms with E-state index in [1.165, 1.54) is 0 Å². The first-order valence-corrected chi connectivity index (χ1v) is 9.90. The number of hydrogen-bond acceptors (Lipinski definition) is 5. The van der Waals surface area contributed by atoms with Crippen LogP contribution in [-0.2, 0) is 0 Å². The number of para-hydroxylation sites is 1. The minimum Gasteiger partial charge on any atom is -0.387 e. The Bertz CT molecular complexity index is 1060. The largest absolute Gasteiger partial charge is 0.387 e. The number of nitrogens with one attached hydrogen (secondary N) is 3. The van der Waals surface area contributed by atoms with Gasteiger partial charge in [-0.05, 0) is 49.9 Å². The molecule has 1 aliphatic rings. The first kappa shape index (κ1) is 18.8. The van der Waals surface area contributed by atoms with Gasteiger partial charge in [0.05, 0.1) is 5.56 Å². The predicted molar refractivity (Wildman–Crippen MR) is 113 cm³/mol. The van der Waals surface area contributed by atoms with Gasteiger partial charge in [-0.2, -0.15) is 5.26 Å². The second-order valence-electron chi connectivity index (χ2n) is 7.34. The highest BCUT2D eigenvalue weighted by Gasteiger charge is 2.24. The van der Waals surface area contributed by atoms with Crippen molar-refractivity contribution in [2.75, 3.05) is 17.7 Å². The maximum Gasteiger partial charge on any atom is 0.253 e. The number of anilines is 2. The summed E-state index contributed by atoms with van der Waals surface area (Å²) in [6, 6.07) is 16.0. The van der Waals surface area contributed by atoms with E-state index >= 15 is 0 Å². The van der Waals surface area contributed by atoms with Crippen LogP contribution in [0.4, 0.5) is 11.5 Å². The van der Waals surface area contributed by atoms with Crippen LogP contribution in [0.3, 0.4) is 0 Å². The van der Waals surface area contributed by atoms with E-state index in [4.69, 9.17) is 5.26 Å². The molecule has 148 valence electrons. The van der Waals surface area contributed by atoms with Gasteiger partial charge in [0.15, 0.2) is 5.69 Å². The Morgan fingerprint density at radius 2 is 1.86 bits per heavy atom. The van der Waals surface area contributed by atoms with E-state index in [0.29, 0.717) is 17.3 Å². The molecule has 0 unspecified atom stereocenters. The number of hydrogen-bond donors (Lipinski definition) is 3. The van der Waals surface area contributed by atoms with Crippen LogP contribution >= 0.6 is 0 Å². The van der Waals surface area contributed by atoms with Crippen LogP contribution in [0.5, 0.6) is 0 Å². The fourth-order valence-corrected chi connectivity index (χ4v) is 3.94. The molecule has 3 N–H and O–H groups in total. The van der Waals surface area contributed by atoms with Crippen LogP contribution in [0.15, 0.2) is 48.7 Å². The zero-order chi connectivity index (χ0) is 20.2. The van der Waals surface area contributed by atoms with Crippen molar-refractivity contribution in [3.05, 3.63) is 59.9 Å². The number of benzene rings is 1. The molecule has 1 saturated carbocycles. The summed E-state index contributed by atoms with van der Waals surface area (Å²) in [7, 11) is 1.82. The summed E-state index contributed by atoms with van der Waals surface area (Å²) < 4.78 is 1.92. The number of amides is 1. The maximum atomic E-state index is 12.6.